The number of para-hydroxylation sites is 1. The van der Waals surface area contributed by atoms with Gasteiger partial charge in [-0.25, -0.2) is 0 Å². The van der Waals surface area contributed by atoms with Gasteiger partial charge < -0.3 is 9.88 Å². The third-order valence-electron chi connectivity index (χ3n) is 3.94. The summed E-state index contributed by atoms with van der Waals surface area (Å²) in [6, 6.07) is 10.1. The topological polar surface area (TPSA) is 36.1 Å². The second kappa shape index (κ2) is 4.58. The van der Waals surface area contributed by atoms with Crippen LogP contribution in [0.4, 0.5) is 0 Å². The molecular formula is C15H18N2O. The van der Waals surface area contributed by atoms with E-state index in [4.69, 9.17) is 0 Å². The molecule has 3 heteroatoms. The van der Waals surface area contributed by atoms with Crippen LogP contribution in [-0.2, 0) is 0 Å². The molecule has 0 saturated carbocycles. The Morgan fingerprint density at radius 1 is 1.22 bits per heavy atom. The van der Waals surface area contributed by atoms with E-state index in [1.165, 1.54) is 0 Å². The van der Waals surface area contributed by atoms with Crippen molar-refractivity contribution >= 4 is 10.9 Å². The zero-order chi connectivity index (χ0) is 12.5. The van der Waals surface area contributed by atoms with Crippen molar-refractivity contribution in [3.63, 3.8) is 0 Å². The van der Waals surface area contributed by atoms with Crippen molar-refractivity contribution in [2.45, 2.75) is 18.8 Å². The molecule has 94 valence electrons. The summed E-state index contributed by atoms with van der Waals surface area (Å²) < 4.78 is 0. The summed E-state index contributed by atoms with van der Waals surface area (Å²) in [6.07, 6.45) is 2.16. The molecule has 2 aromatic rings. The number of likely N-dealkylation sites (tertiary alicyclic amines) is 1. The Morgan fingerprint density at radius 3 is 2.72 bits per heavy atom. The van der Waals surface area contributed by atoms with Gasteiger partial charge >= 0.3 is 0 Å². The Morgan fingerprint density at radius 2 is 1.94 bits per heavy atom. The number of hydrogen-bond donors (Lipinski definition) is 1. The highest BCUT2D eigenvalue weighted by Gasteiger charge is 2.20. The van der Waals surface area contributed by atoms with Gasteiger partial charge in [0, 0.05) is 11.1 Å². The lowest BCUT2D eigenvalue weighted by Crippen LogP contribution is -2.31. The molecule has 0 aliphatic carbocycles. The van der Waals surface area contributed by atoms with Crippen molar-refractivity contribution in [1.82, 2.24) is 9.88 Å². The third kappa shape index (κ3) is 2.06. The SMILES string of the molecule is CN1CCC(c2cc3ccccc3[nH]c2=O)CC1. The van der Waals surface area contributed by atoms with Crippen molar-refractivity contribution in [2.24, 2.45) is 0 Å². The van der Waals surface area contributed by atoms with Gasteiger partial charge in [0.15, 0.2) is 0 Å². The number of H-pyrrole nitrogens is 1. The molecule has 2 heterocycles. The van der Waals surface area contributed by atoms with Gasteiger partial charge in [-0.05, 0) is 56.4 Å². The highest BCUT2D eigenvalue weighted by Crippen LogP contribution is 2.26. The zero-order valence-electron chi connectivity index (χ0n) is 10.6. The lowest BCUT2D eigenvalue weighted by Gasteiger charge is -2.28. The van der Waals surface area contributed by atoms with E-state index in [-0.39, 0.29) is 5.56 Å². The molecule has 0 radical (unpaired) electrons. The summed E-state index contributed by atoms with van der Waals surface area (Å²) in [6.45, 7) is 2.16. The van der Waals surface area contributed by atoms with Gasteiger partial charge in [-0.1, -0.05) is 18.2 Å². The first-order valence-electron chi connectivity index (χ1n) is 6.54. The van der Waals surface area contributed by atoms with Crippen LogP contribution in [0.1, 0.15) is 24.3 Å². The van der Waals surface area contributed by atoms with Crippen molar-refractivity contribution < 1.29 is 0 Å². The number of aromatic amines is 1. The molecule has 1 aromatic carbocycles. The molecule has 1 aliphatic rings. The summed E-state index contributed by atoms with van der Waals surface area (Å²) in [5.41, 5.74) is 1.98. The van der Waals surface area contributed by atoms with E-state index in [1.807, 2.05) is 18.2 Å². The van der Waals surface area contributed by atoms with Crippen LogP contribution in [0.15, 0.2) is 35.1 Å². The van der Waals surface area contributed by atoms with E-state index in [1.54, 1.807) is 0 Å². The molecule has 0 spiro atoms. The lowest BCUT2D eigenvalue weighted by atomic mass is 9.90. The first kappa shape index (κ1) is 11.5. The van der Waals surface area contributed by atoms with E-state index in [2.05, 4.69) is 29.1 Å². The third-order valence-corrected chi connectivity index (χ3v) is 3.94. The molecule has 1 N–H and O–H groups in total. The van der Waals surface area contributed by atoms with Crippen molar-refractivity contribution in [1.29, 1.82) is 0 Å². The molecule has 1 fully saturated rings. The smallest absolute Gasteiger partial charge is 0.251 e. The fourth-order valence-electron chi connectivity index (χ4n) is 2.79. The minimum Gasteiger partial charge on any atom is -0.322 e. The van der Waals surface area contributed by atoms with E-state index in [0.717, 1.165) is 42.4 Å². The standard InChI is InChI=1S/C15H18N2O/c1-17-8-6-11(7-9-17)13-10-12-4-2-3-5-14(12)16-15(13)18/h2-5,10-11H,6-9H2,1H3,(H,16,18). The molecule has 0 atom stereocenters. The first-order valence-corrected chi connectivity index (χ1v) is 6.54. The predicted octanol–water partition coefficient (Wildman–Crippen LogP) is 2.34. The second-order valence-electron chi connectivity index (χ2n) is 5.22. The maximum absolute atomic E-state index is 12.1. The summed E-state index contributed by atoms with van der Waals surface area (Å²) in [4.78, 5) is 17.5. The van der Waals surface area contributed by atoms with Gasteiger partial charge in [-0.3, -0.25) is 4.79 Å². The minimum absolute atomic E-state index is 0.0863. The molecule has 0 unspecified atom stereocenters. The van der Waals surface area contributed by atoms with Crippen LogP contribution in [0, 0.1) is 0 Å². The van der Waals surface area contributed by atoms with E-state index >= 15 is 0 Å². The molecular weight excluding hydrogens is 224 g/mol. The molecule has 18 heavy (non-hydrogen) atoms. The van der Waals surface area contributed by atoms with Gasteiger partial charge in [0.2, 0.25) is 0 Å². The number of pyridine rings is 1. The minimum atomic E-state index is 0.0863. The normalized spacial score (nSPS) is 18.3. The van der Waals surface area contributed by atoms with Crippen LogP contribution in [-0.4, -0.2) is 30.0 Å². The zero-order valence-corrected chi connectivity index (χ0v) is 10.6. The van der Waals surface area contributed by atoms with Gasteiger partial charge in [0.25, 0.3) is 5.56 Å². The average Bonchev–Trinajstić information content (AvgIpc) is 2.39. The van der Waals surface area contributed by atoms with Crippen molar-refractivity contribution in [3.8, 4) is 0 Å². The van der Waals surface area contributed by atoms with E-state index < -0.39 is 0 Å². The van der Waals surface area contributed by atoms with Gasteiger partial charge in [0.1, 0.15) is 0 Å². The maximum atomic E-state index is 12.1. The quantitative estimate of drug-likeness (QED) is 0.833. The summed E-state index contributed by atoms with van der Waals surface area (Å²) in [5, 5.41) is 1.13. The van der Waals surface area contributed by atoms with Crippen molar-refractivity contribution in [3.05, 3.63) is 46.2 Å². The van der Waals surface area contributed by atoms with Crippen LogP contribution in [0.2, 0.25) is 0 Å². The number of nitrogens with zero attached hydrogens (tertiary/aromatic N) is 1. The first-order chi connectivity index (χ1) is 8.74. The van der Waals surface area contributed by atoms with Crippen LogP contribution < -0.4 is 5.56 Å². The molecule has 1 saturated heterocycles. The van der Waals surface area contributed by atoms with E-state index in [9.17, 15) is 4.79 Å². The van der Waals surface area contributed by atoms with Gasteiger partial charge in [-0.15, -0.1) is 0 Å². The van der Waals surface area contributed by atoms with Crippen LogP contribution in [0.25, 0.3) is 10.9 Å². The average molecular weight is 242 g/mol. The number of rotatable bonds is 1. The maximum Gasteiger partial charge on any atom is 0.251 e. The fourth-order valence-corrected chi connectivity index (χ4v) is 2.79. The molecule has 1 aliphatic heterocycles. The van der Waals surface area contributed by atoms with Crippen LogP contribution >= 0.6 is 0 Å². The predicted molar refractivity (Wildman–Crippen MR) is 74.0 cm³/mol. The molecule has 0 bridgehead atoms. The number of nitrogens with one attached hydrogen (secondary N) is 1. The number of hydrogen-bond acceptors (Lipinski definition) is 2. The molecule has 1 aromatic heterocycles. The van der Waals surface area contributed by atoms with E-state index in [0.29, 0.717) is 5.92 Å². The van der Waals surface area contributed by atoms with Crippen molar-refractivity contribution in [2.75, 3.05) is 20.1 Å². The molecule has 0 amide bonds. The fraction of sp³-hybridized carbons (Fsp3) is 0.400. The second-order valence-corrected chi connectivity index (χ2v) is 5.22. The Balaban J connectivity index is 2.01. The Labute approximate surface area is 106 Å². The monoisotopic (exact) mass is 242 g/mol. The number of fused-ring (bicyclic) bond motifs is 1. The number of benzene rings is 1. The molecule has 3 nitrogen and oxygen atoms in total. The number of piperidine rings is 1. The van der Waals surface area contributed by atoms with Gasteiger partial charge in [-0.2, -0.15) is 0 Å². The lowest BCUT2D eigenvalue weighted by molar-refractivity contribution is 0.255. The summed E-state index contributed by atoms with van der Waals surface area (Å²) in [7, 11) is 2.14. The van der Waals surface area contributed by atoms with Gasteiger partial charge in [0.05, 0.1) is 0 Å². The number of aromatic nitrogens is 1. The summed E-state index contributed by atoms with van der Waals surface area (Å²) in [5.74, 6) is 0.412. The highest BCUT2D eigenvalue weighted by molar-refractivity contribution is 5.78. The van der Waals surface area contributed by atoms with Crippen LogP contribution in [0.5, 0.6) is 0 Å². The Hall–Kier alpha value is -1.61. The Kier molecular flexibility index (Phi) is 2.92. The highest BCUT2D eigenvalue weighted by atomic mass is 16.1. The summed E-state index contributed by atoms with van der Waals surface area (Å²) >= 11 is 0. The Bertz CT molecular complexity index is 609. The largest absolute Gasteiger partial charge is 0.322 e. The molecule has 3 rings (SSSR count). The van der Waals surface area contributed by atoms with Crippen LogP contribution in [0.3, 0.4) is 0 Å².